The summed E-state index contributed by atoms with van der Waals surface area (Å²) in [5.74, 6) is 0. The van der Waals surface area contributed by atoms with Crippen LogP contribution in [0.3, 0.4) is 0 Å². The van der Waals surface area contributed by atoms with Crippen molar-refractivity contribution in [3.8, 4) is 0 Å². The van der Waals surface area contributed by atoms with Crippen molar-refractivity contribution in [1.29, 1.82) is 0 Å². The molecule has 1 unspecified atom stereocenters. The van der Waals surface area contributed by atoms with Crippen LogP contribution in [0.5, 0.6) is 0 Å². The van der Waals surface area contributed by atoms with Gasteiger partial charge in [-0.05, 0) is 31.3 Å². The SMILES string of the molecule is CCCN1CCN(CC(C)(CC)CN)CC1. The van der Waals surface area contributed by atoms with Gasteiger partial charge in [-0.1, -0.05) is 20.8 Å². The van der Waals surface area contributed by atoms with Crippen LogP contribution in [0.4, 0.5) is 0 Å². The van der Waals surface area contributed by atoms with Crippen LogP contribution in [0.1, 0.15) is 33.6 Å². The summed E-state index contributed by atoms with van der Waals surface area (Å²) < 4.78 is 0. The van der Waals surface area contributed by atoms with Gasteiger partial charge in [0.05, 0.1) is 0 Å². The molecule has 1 heterocycles. The number of rotatable bonds is 6. The summed E-state index contributed by atoms with van der Waals surface area (Å²) in [6.45, 7) is 15.0. The van der Waals surface area contributed by atoms with Crippen molar-refractivity contribution in [2.75, 3.05) is 45.8 Å². The van der Waals surface area contributed by atoms with Gasteiger partial charge in [0, 0.05) is 32.7 Å². The average Bonchev–Trinajstić information content (AvgIpc) is 2.32. The van der Waals surface area contributed by atoms with Crippen LogP contribution in [-0.4, -0.2) is 55.6 Å². The third-order valence-electron chi connectivity index (χ3n) is 3.96. The van der Waals surface area contributed by atoms with E-state index in [1.165, 1.54) is 52.1 Å². The predicted molar refractivity (Wildman–Crippen MR) is 70.6 cm³/mol. The molecule has 1 aliphatic rings. The maximum atomic E-state index is 5.87. The summed E-state index contributed by atoms with van der Waals surface area (Å²) in [4.78, 5) is 5.16. The van der Waals surface area contributed by atoms with Crippen LogP contribution in [-0.2, 0) is 0 Å². The summed E-state index contributed by atoms with van der Waals surface area (Å²) in [5, 5.41) is 0. The third-order valence-corrected chi connectivity index (χ3v) is 3.96. The van der Waals surface area contributed by atoms with Gasteiger partial charge < -0.3 is 15.5 Å². The van der Waals surface area contributed by atoms with E-state index in [1.807, 2.05) is 0 Å². The number of piperazine rings is 1. The Hall–Kier alpha value is -0.120. The molecule has 0 saturated carbocycles. The molecule has 1 saturated heterocycles. The summed E-state index contributed by atoms with van der Waals surface area (Å²) >= 11 is 0. The molecule has 0 radical (unpaired) electrons. The zero-order valence-corrected chi connectivity index (χ0v) is 11.3. The van der Waals surface area contributed by atoms with Crippen molar-refractivity contribution in [3.63, 3.8) is 0 Å². The minimum absolute atomic E-state index is 0.312. The average molecular weight is 227 g/mol. The fourth-order valence-corrected chi connectivity index (χ4v) is 2.35. The van der Waals surface area contributed by atoms with E-state index in [1.54, 1.807) is 0 Å². The lowest BCUT2D eigenvalue weighted by Gasteiger charge is -2.39. The van der Waals surface area contributed by atoms with Gasteiger partial charge in [0.25, 0.3) is 0 Å². The zero-order valence-electron chi connectivity index (χ0n) is 11.3. The lowest BCUT2D eigenvalue weighted by molar-refractivity contribution is 0.0918. The molecule has 0 aliphatic carbocycles. The van der Waals surface area contributed by atoms with Crippen molar-refractivity contribution in [2.45, 2.75) is 33.6 Å². The Labute approximate surface area is 101 Å². The Balaban J connectivity index is 2.31. The van der Waals surface area contributed by atoms with Gasteiger partial charge in [0.1, 0.15) is 0 Å². The molecule has 0 aromatic heterocycles. The molecule has 2 N–H and O–H groups in total. The lowest BCUT2D eigenvalue weighted by Crippen LogP contribution is -2.50. The van der Waals surface area contributed by atoms with Crippen LogP contribution >= 0.6 is 0 Å². The normalized spacial score (nSPS) is 23.2. The highest BCUT2D eigenvalue weighted by Gasteiger charge is 2.25. The van der Waals surface area contributed by atoms with Gasteiger partial charge in [-0.15, -0.1) is 0 Å². The highest BCUT2D eigenvalue weighted by Crippen LogP contribution is 2.21. The van der Waals surface area contributed by atoms with Crippen LogP contribution < -0.4 is 5.73 Å². The van der Waals surface area contributed by atoms with Gasteiger partial charge in [-0.25, -0.2) is 0 Å². The van der Waals surface area contributed by atoms with Crippen LogP contribution in [0.15, 0.2) is 0 Å². The van der Waals surface area contributed by atoms with E-state index in [0.717, 1.165) is 6.54 Å². The summed E-state index contributed by atoms with van der Waals surface area (Å²) in [6.07, 6.45) is 2.45. The van der Waals surface area contributed by atoms with E-state index < -0.39 is 0 Å². The third kappa shape index (κ3) is 4.04. The Morgan fingerprint density at radius 3 is 2.06 bits per heavy atom. The molecular formula is C13H29N3. The Kier molecular flexibility index (Phi) is 5.73. The van der Waals surface area contributed by atoms with Gasteiger partial charge in [-0.2, -0.15) is 0 Å². The molecule has 0 amide bonds. The van der Waals surface area contributed by atoms with Crippen molar-refractivity contribution in [3.05, 3.63) is 0 Å². The fourth-order valence-electron chi connectivity index (χ4n) is 2.35. The van der Waals surface area contributed by atoms with E-state index in [4.69, 9.17) is 5.73 Å². The zero-order chi connectivity index (χ0) is 12.0. The molecule has 0 aromatic carbocycles. The molecule has 1 rings (SSSR count). The second kappa shape index (κ2) is 6.58. The van der Waals surface area contributed by atoms with E-state index in [0.29, 0.717) is 5.41 Å². The molecule has 1 fully saturated rings. The van der Waals surface area contributed by atoms with E-state index in [9.17, 15) is 0 Å². The Morgan fingerprint density at radius 2 is 1.62 bits per heavy atom. The number of hydrogen-bond donors (Lipinski definition) is 1. The van der Waals surface area contributed by atoms with Crippen molar-refractivity contribution in [1.82, 2.24) is 9.80 Å². The highest BCUT2D eigenvalue weighted by atomic mass is 15.3. The van der Waals surface area contributed by atoms with E-state index >= 15 is 0 Å². The topological polar surface area (TPSA) is 32.5 Å². The van der Waals surface area contributed by atoms with E-state index in [-0.39, 0.29) is 0 Å². The minimum atomic E-state index is 0.312. The molecule has 0 spiro atoms. The lowest BCUT2D eigenvalue weighted by atomic mass is 9.87. The van der Waals surface area contributed by atoms with Gasteiger partial charge in [0.2, 0.25) is 0 Å². The predicted octanol–water partition coefficient (Wildman–Crippen LogP) is 1.39. The first-order valence-electron chi connectivity index (χ1n) is 6.78. The van der Waals surface area contributed by atoms with Crippen molar-refractivity contribution < 1.29 is 0 Å². The Bertz CT molecular complexity index is 182. The molecule has 96 valence electrons. The summed E-state index contributed by atoms with van der Waals surface area (Å²) in [7, 11) is 0. The van der Waals surface area contributed by atoms with Crippen molar-refractivity contribution in [2.24, 2.45) is 11.1 Å². The monoisotopic (exact) mass is 227 g/mol. The van der Waals surface area contributed by atoms with E-state index in [2.05, 4.69) is 30.6 Å². The maximum Gasteiger partial charge on any atom is 0.0110 e. The first-order chi connectivity index (χ1) is 7.63. The minimum Gasteiger partial charge on any atom is -0.330 e. The van der Waals surface area contributed by atoms with Gasteiger partial charge in [-0.3, -0.25) is 0 Å². The van der Waals surface area contributed by atoms with Crippen LogP contribution in [0.2, 0.25) is 0 Å². The highest BCUT2D eigenvalue weighted by molar-refractivity contribution is 4.81. The maximum absolute atomic E-state index is 5.87. The smallest absolute Gasteiger partial charge is 0.0110 e. The molecule has 0 aromatic rings. The van der Waals surface area contributed by atoms with Crippen LogP contribution in [0, 0.1) is 5.41 Å². The summed E-state index contributed by atoms with van der Waals surface area (Å²) in [5.41, 5.74) is 6.19. The fraction of sp³-hybridized carbons (Fsp3) is 1.00. The first kappa shape index (κ1) is 13.9. The van der Waals surface area contributed by atoms with Crippen LogP contribution in [0.25, 0.3) is 0 Å². The quantitative estimate of drug-likeness (QED) is 0.744. The molecular weight excluding hydrogens is 198 g/mol. The summed E-state index contributed by atoms with van der Waals surface area (Å²) in [6, 6.07) is 0. The Morgan fingerprint density at radius 1 is 1.06 bits per heavy atom. The molecule has 3 nitrogen and oxygen atoms in total. The number of hydrogen-bond acceptors (Lipinski definition) is 3. The standard InChI is InChI=1S/C13H29N3/c1-4-6-15-7-9-16(10-8-15)12-13(3,5-2)11-14/h4-12,14H2,1-3H3. The number of nitrogens with zero attached hydrogens (tertiary/aromatic N) is 2. The van der Waals surface area contributed by atoms with Crippen molar-refractivity contribution >= 4 is 0 Å². The second-order valence-corrected chi connectivity index (χ2v) is 5.49. The molecule has 1 atom stereocenters. The number of nitrogens with two attached hydrogens (primary N) is 1. The second-order valence-electron chi connectivity index (χ2n) is 5.49. The molecule has 0 bridgehead atoms. The van der Waals surface area contributed by atoms with Gasteiger partial charge in [0.15, 0.2) is 0 Å². The molecule has 1 aliphatic heterocycles. The largest absolute Gasteiger partial charge is 0.330 e. The van der Waals surface area contributed by atoms with Gasteiger partial charge >= 0.3 is 0 Å². The molecule has 16 heavy (non-hydrogen) atoms. The molecule has 3 heteroatoms. The first-order valence-corrected chi connectivity index (χ1v) is 6.78.